The molecule has 0 saturated heterocycles. The van der Waals surface area contributed by atoms with Crippen LogP contribution in [-0.4, -0.2) is 27.8 Å². The molecule has 0 heterocycles. The summed E-state index contributed by atoms with van der Waals surface area (Å²) in [5, 5.41) is 0. The number of rotatable bonds is 4. The van der Waals surface area contributed by atoms with Crippen molar-refractivity contribution in [2.24, 2.45) is 0 Å². The fraction of sp³-hybridized carbons (Fsp3) is 1.00. The number of hydrogen-bond acceptors (Lipinski definition) is 2. The molecule has 0 radical (unpaired) electrons. The SMILES string of the molecule is C[Si](C)(C)OC12CCCCC1(O[Si](C)(C)C)C2. The average molecular weight is 273 g/mol. The van der Waals surface area contributed by atoms with Gasteiger partial charge in [0.05, 0.1) is 11.2 Å². The predicted molar refractivity (Wildman–Crippen MR) is 77.4 cm³/mol. The first-order chi connectivity index (χ1) is 7.58. The standard InChI is InChI=1S/C13H28O2Si2/c1-16(2,3)14-12-9-7-8-10-13(12,11-12)15-17(4,5)6/h7-11H2,1-6H3. The lowest BCUT2D eigenvalue weighted by Gasteiger charge is -2.38. The maximum atomic E-state index is 6.53. The lowest BCUT2D eigenvalue weighted by molar-refractivity contribution is 0.0138. The average Bonchev–Trinajstić information content (AvgIpc) is 2.64. The van der Waals surface area contributed by atoms with Gasteiger partial charge in [0.2, 0.25) is 0 Å². The van der Waals surface area contributed by atoms with E-state index in [9.17, 15) is 0 Å². The Hall–Kier alpha value is 0.354. The summed E-state index contributed by atoms with van der Waals surface area (Å²) in [7, 11) is -2.92. The minimum absolute atomic E-state index is 0.107. The molecule has 2 rings (SSSR count). The van der Waals surface area contributed by atoms with Crippen molar-refractivity contribution < 1.29 is 8.85 Å². The van der Waals surface area contributed by atoms with E-state index in [1.807, 2.05) is 0 Å². The molecule has 0 aliphatic heterocycles. The first-order valence-electron chi connectivity index (χ1n) is 6.98. The molecule has 0 spiro atoms. The Morgan fingerprint density at radius 3 is 1.35 bits per heavy atom. The largest absolute Gasteiger partial charge is 0.409 e. The third-order valence-corrected chi connectivity index (χ3v) is 5.70. The van der Waals surface area contributed by atoms with Crippen molar-refractivity contribution in [1.82, 2.24) is 0 Å². The smallest absolute Gasteiger partial charge is 0.184 e. The molecule has 0 aromatic rings. The molecule has 100 valence electrons. The van der Waals surface area contributed by atoms with E-state index in [1.54, 1.807) is 0 Å². The van der Waals surface area contributed by atoms with Gasteiger partial charge in [-0.1, -0.05) is 12.8 Å². The van der Waals surface area contributed by atoms with Crippen LogP contribution < -0.4 is 0 Å². The van der Waals surface area contributed by atoms with E-state index in [2.05, 4.69) is 39.3 Å². The molecule has 2 saturated carbocycles. The Bertz CT molecular complexity index is 276. The number of fused-ring (bicyclic) bond motifs is 1. The van der Waals surface area contributed by atoms with Crippen LogP contribution in [0.2, 0.25) is 39.3 Å². The van der Waals surface area contributed by atoms with Crippen LogP contribution in [0.15, 0.2) is 0 Å². The molecule has 0 N–H and O–H groups in total. The molecule has 4 heteroatoms. The highest BCUT2D eigenvalue weighted by molar-refractivity contribution is 6.70. The molecule has 0 aromatic heterocycles. The van der Waals surface area contributed by atoms with Gasteiger partial charge in [-0.2, -0.15) is 0 Å². The second-order valence-electron chi connectivity index (χ2n) is 7.80. The summed E-state index contributed by atoms with van der Waals surface area (Å²) < 4.78 is 13.1. The molecule has 2 fully saturated rings. The van der Waals surface area contributed by atoms with Gasteiger partial charge in [-0.25, -0.2) is 0 Å². The van der Waals surface area contributed by atoms with Gasteiger partial charge in [0.25, 0.3) is 0 Å². The van der Waals surface area contributed by atoms with Crippen LogP contribution in [0.1, 0.15) is 32.1 Å². The van der Waals surface area contributed by atoms with Gasteiger partial charge in [0.15, 0.2) is 16.6 Å². The molecular formula is C13H28O2Si2. The zero-order valence-electron chi connectivity index (χ0n) is 12.4. The highest BCUT2D eigenvalue weighted by Crippen LogP contribution is 2.63. The van der Waals surface area contributed by atoms with Crippen molar-refractivity contribution in [3.05, 3.63) is 0 Å². The second-order valence-corrected chi connectivity index (χ2v) is 16.7. The van der Waals surface area contributed by atoms with E-state index >= 15 is 0 Å². The van der Waals surface area contributed by atoms with Crippen LogP contribution in [0.4, 0.5) is 0 Å². The first-order valence-corrected chi connectivity index (χ1v) is 13.8. The predicted octanol–water partition coefficient (Wildman–Crippen LogP) is 4.14. The molecule has 2 aliphatic rings. The Balaban J connectivity index is 2.13. The highest BCUT2D eigenvalue weighted by atomic mass is 28.4. The van der Waals surface area contributed by atoms with E-state index in [1.165, 1.54) is 25.7 Å². The van der Waals surface area contributed by atoms with Crippen molar-refractivity contribution in [3.8, 4) is 0 Å². The van der Waals surface area contributed by atoms with E-state index < -0.39 is 16.6 Å². The van der Waals surface area contributed by atoms with E-state index in [0.29, 0.717) is 0 Å². The highest BCUT2D eigenvalue weighted by Gasteiger charge is 2.71. The lowest BCUT2D eigenvalue weighted by Crippen LogP contribution is -2.46. The van der Waals surface area contributed by atoms with Crippen molar-refractivity contribution in [3.63, 3.8) is 0 Å². The van der Waals surface area contributed by atoms with E-state index in [-0.39, 0.29) is 11.2 Å². The van der Waals surface area contributed by atoms with Gasteiger partial charge in [0, 0.05) is 6.42 Å². The Kier molecular flexibility index (Phi) is 3.18. The third-order valence-electron chi connectivity index (χ3n) is 3.69. The van der Waals surface area contributed by atoms with Crippen LogP contribution in [-0.2, 0) is 8.85 Å². The minimum atomic E-state index is -1.46. The summed E-state index contributed by atoms with van der Waals surface area (Å²) in [6, 6.07) is 0. The normalized spacial score (nSPS) is 37.8. The van der Waals surface area contributed by atoms with Crippen LogP contribution in [0.5, 0.6) is 0 Å². The maximum absolute atomic E-state index is 6.53. The topological polar surface area (TPSA) is 18.5 Å². The van der Waals surface area contributed by atoms with Gasteiger partial charge in [0.1, 0.15) is 0 Å². The molecular weight excluding hydrogens is 244 g/mol. The molecule has 0 amide bonds. The molecule has 2 unspecified atom stereocenters. The lowest BCUT2D eigenvalue weighted by atomic mass is 9.95. The quantitative estimate of drug-likeness (QED) is 0.716. The fourth-order valence-electron chi connectivity index (χ4n) is 3.40. The summed E-state index contributed by atoms with van der Waals surface area (Å²) in [6.07, 6.45) is 6.25. The molecule has 2 aliphatic carbocycles. The summed E-state index contributed by atoms with van der Waals surface area (Å²) in [4.78, 5) is 0. The van der Waals surface area contributed by atoms with Gasteiger partial charge < -0.3 is 8.85 Å². The molecule has 0 bridgehead atoms. The van der Waals surface area contributed by atoms with Crippen molar-refractivity contribution in [2.75, 3.05) is 0 Å². The van der Waals surface area contributed by atoms with Crippen molar-refractivity contribution in [2.45, 2.75) is 82.6 Å². The third kappa shape index (κ3) is 2.85. The zero-order valence-corrected chi connectivity index (χ0v) is 14.4. The molecule has 2 nitrogen and oxygen atoms in total. The monoisotopic (exact) mass is 272 g/mol. The Morgan fingerprint density at radius 2 is 1.06 bits per heavy atom. The first kappa shape index (κ1) is 13.8. The molecule has 2 atom stereocenters. The molecule has 0 aromatic carbocycles. The van der Waals surface area contributed by atoms with Gasteiger partial charge in [-0.3, -0.25) is 0 Å². The number of hydrogen-bond donors (Lipinski definition) is 0. The summed E-state index contributed by atoms with van der Waals surface area (Å²) in [6.45, 7) is 13.8. The van der Waals surface area contributed by atoms with Crippen LogP contribution in [0.3, 0.4) is 0 Å². The maximum Gasteiger partial charge on any atom is 0.184 e. The van der Waals surface area contributed by atoms with E-state index in [0.717, 1.165) is 6.42 Å². The Labute approximate surface area is 108 Å². The van der Waals surface area contributed by atoms with Crippen LogP contribution in [0.25, 0.3) is 0 Å². The Morgan fingerprint density at radius 1 is 0.706 bits per heavy atom. The van der Waals surface area contributed by atoms with Crippen LogP contribution in [0, 0.1) is 0 Å². The molecule has 17 heavy (non-hydrogen) atoms. The fourth-order valence-corrected chi connectivity index (χ4v) is 6.47. The van der Waals surface area contributed by atoms with Crippen molar-refractivity contribution in [1.29, 1.82) is 0 Å². The van der Waals surface area contributed by atoms with Crippen LogP contribution >= 0.6 is 0 Å². The summed E-state index contributed by atoms with van der Waals surface area (Å²) in [5.41, 5.74) is 0.214. The van der Waals surface area contributed by atoms with E-state index in [4.69, 9.17) is 8.85 Å². The van der Waals surface area contributed by atoms with Gasteiger partial charge in [-0.05, 0) is 52.1 Å². The van der Waals surface area contributed by atoms with Crippen molar-refractivity contribution >= 4 is 16.6 Å². The zero-order chi connectivity index (χ0) is 12.9. The summed E-state index contributed by atoms with van der Waals surface area (Å²) >= 11 is 0. The van der Waals surface area contributed by atoms with Gasteiger partial charge >= 0.3 is 0 Å². The minimum Gasteiger partial charge on any atom is -0.409 e. The van der Waals surface area contributed by atoms with Gasteiger partial charge in [-0.15, -0.1) is 0 Å². The second kappa shape index (κ2) is 3.92. The summed E-state index contributed by atoms with van der Waals surface area (Å²) in [5.74, 6) is 0.